The van der Waals surface area contributed by atoms with E-state index in [1.807, 2.05) is 23.1 Å². The maximum Gasteiger partial charge on any atom is 0.317 e. The first-order chi connectivity index (χ1) is 11.5. The smallest absolute Gasteiger partial charge is 0.317 e. The molecule has 1 unspecified atom stereocenters. The largest absolute Gasteiger partial charge is 0.375 e. The third-order valence-corrected chi connectivity index (χ3v) is 5.49. The van der Waals surface area contributed by atoms with Crippen LogP contribution in [0, 0.1) is 0 Å². The standard InChI is InChI=1S/C20H30N2O2/c1-19(2)16-20(11-6-7-15-24-20)12-14-22(19)18(23)21-13-10-17-8-4-3-5-9-17/h3-5,8-9H,6-7,10-16H2,1-2H3,(H,21,23). The fraction of sp³-hybridized carbons (Fsp3) is 0.650. The minimum atomic E-state index is -0.160. The second kappa shape index (κ2) is 7.14. The molecule has 2 aliphatic heterocycles. The van der Waals surface area contributed by atoms with Gasteiger partial charge in [0.1, 0.15) is 0 Å². The van der Waals surface area contributed by atoms with Crippen molar-refractivity contribution in [1.82, 2.24) is 10.2 Å². The number of likely N-dealkylation sites (tertiary alicyclic amines) is 1. The van der Waals surface area contributed by atoms with E-state index in [1.165, 1.54) is 18.4 Å². The van der Waals surface area contributed by atoms with Crippen molar-refractivity contribution in [3.05, 3.63) is 35.9 Å². The van der Waals surface area contributed by atoms with E-state index < -0.39 is 0 Å². The van der Waals surface area contributed by atoms with Crippen LogP contribution >= 0.6 is 0 Å². The second-order valence-corrected chi connectivity index (χ2v) is 7.85. The van der Waals surface area contributed by atoms with E-state index in [-0.39, 0.29) is 17.2 Å². The van der Waals surface area contributed by atoms with Crippen LogP contribution in [0.25, 0.3) is 0 Å². The molecule has 2 aliphatic rings. The van der Waals surface area contributed by atoms with Gasteiger partial charge in [0.15, 0.2) is 0 Å². The summed E-state index contributed by atoms with van der Waals surface area (Å²) >= 11 is 0. The fourth-order valence-corrected chi connectivity index (χ4v) is 4.27. The molecule has 132 valence electrons. The van der Waals surface area contributed by atoms with E-state index in [1.54, 1.807) is 0 Å². The Labute approximate surface area is 145 Å². The van der Waals surface area contributed by atoms with Crippen molar-refractivity contribution >= 4 is 6.03 Å². The number of amides is 2. The number of ether oxygens (including phenoxy) is 1. The molecule has 1 atom stereocenters. The molecule has 0 radical (unpaired) electrons. The molecule has 1 N–H and O–H groups in total. The summed E-state index contributed by atoms with van der Waals surface area (Å²) in [5.41, 5.74) is 1.10. The molecular formula is C20H30N2O2. The van der Waals surface area contributed by atoms with Crippen molar-refractivity contribution in [3.63, 3.8) is 0 Å². The van der Waals surface area contributed by atoms with Gasteiger partial charge in [-0.25, -0.2) is 4.79 Å². The molecule has 4 nitrogen and oxygen atoms in total. The first-order valence-corrected chi connectivity index (χ1v) is 9.24. The molecule has 2 heterocycles. The highest BCUT2D eigenvalue weighted by molar-refractivity contribution is 5.75. The molecule has 1 aromatic rings. The van der Waals surface area contributed by atoms with Crippen LogP contribution < -0.4 is 5.32 Å². The van der Waals surface area contributed by atoms with Crippen LogP contribution in [0.1, 0.15) is 51.5 Å². The fourth-order valence-electron chi connectivity index (χ4n) is 4.27. The normalized spacial score (nSPS) is 26.3. The highest BCUT2D eigenvalue weighted by Gasteiger charge is 2.47. The Morgan fingerprint density at radius 2 is 2.00 bits per heavy atom. The Balaban J connectivity index is 1.53. The van der Waals surface area contributed by atoms with Crippen LogP contribution in [0.15, 0.2) is 30.3 Å². The number of nitrogens with one attached hydrogen (secondary N) is 1. The number of nitrogens with zero attached hydrogens (tertiary/aromatic N) is 1. The van der Waals surface area contributed by atoms with E-state index in [0.29, 0.717) is 6.54 Å². The van der Waals surface area contributed by atoms with Crippen LogP contribution in [-0.4, -0.2) is 41.8 Å². The second-order valence-electron chi connectivity index (χ2n) is 7.85. The monoisotopic (exact) mass is 330 g/mol. The summed E-state index contributed by atoms with van der Waals surface area (Å²) < 4.78 is 6.15. The number of rotatable bonds is 3. The van der Waals surface area contributed by atoms with Crippen molar-refractivity contribution < 1.29 is 9.53 Å². The summed E-state index contributed by atoms with van der Waals surface area (Å²) in [6.07, 6.45) is 6.33. The predicted octanol–water partition coefficient (Wildman–Crippen LogP) is 3.75. The van der Waals surface area contributed by atoms with Gasteiger partial charge in [-0.3, -0.25) is 0 Å². The third-order valence-electron chi connectivity index (χ3n) is 5.49. The Hall–Kier alpha value is -1.55. The van der Waals surface area contributed by atoms with Crippen LogP contribution in [0.4, 0.5) is 4.79 Å². The topological polar surface area (TPSA) is 41.6 Å². The van der Waals surface area contributed by atoms with Gasteiger partial charge in [-0.2, -0.15) is 0 Å². The molecule has 3 rings (SSSR count). The molecule has 2 saturated heterocycles. The van der Waals surface area contributed by atoms with Crippen LogP contribution in [0.3, 0.4) is 0 Å². The van der Waals surface area contributed by atoms with Gasteiger partial charge in [0, 0.05) is 25.2 Å². The Morgan fingerprint density at radius 3 is 2.67 bits per heavy atom. The Kier molecular flexibility index (Phi) is 5.14. The minimum Gasteiger partial charge on any atom is -0.375 e. The van der Waals surface area contributed by atoms with Gasteiger partial charge in [0.25, 0.3) is 0 Å². The SMILES string of the molecule is CC1(C)CC2(CCCCO2)CCN1C(=O)NCCc1ccccc1. The average molecular weight is 330 g/mol. The van der Waals surface area contributed by atoms with Crippen molar-refractivity contribution in [1.29, 1.82) is 0 Å². The zero-order valence-electron chi connectivity index (χ0n) is 15.0. The number of carbonyl (C=O) groups is 1. The average Bonchev–Trinajstić information content (AvgIpc) is 2.55. The minimum absolute atomic E-state index is 0.00255. The predicted molar refractivity (Wildman–Crippen MR) is 96.1 cm³/mol. The van der Waals surface area contributed by atoms with Gasteiger partial charge in [-0.05, 0) is 57.9 Å². The van der Waals surface area contributed by atoms with E-state index in [2.05, 4.69) is 31.3 Å². The maximum absolute atomic E-state index is 12.6. The van der Waals surface area contributed by atoms with E-state index >= 15 is 0 Å². The van der Waals surface area contributed by atoms with E-state index in [9.17, 15) is 4.79 Å². The number of benzene rings is 1. The maximum atomic E-state index is 12.6. The zero-order valence-corrected chi connectivity index (χ0v) is 15.0. The van der Waals surface area contributed by atoms with Crippen LogP contribution in [-0.2, 0) is 11.2 Å². The Morgan fingerprint density at radius 1 is 1.21 bits per heavy atom. The number of carbonyl (C=O) groups excluding carboxylic acids is 1. The third kappa shape index (κ3) is 3.92. The van der Waals surface area contributed by atoms with Crippen molar-refractivity contribution in [2.45, 2.75) is 63.5 Å². The summed E-state index contributed by atoms with van der Waals surface area (Å²) in [6, 6.07) is 10.3. The number of hydrogen-bond donors (Lipinski definition) is 1. The molecule has 2 fully saturated rings. The summed E-state index contributed by atoms with van der Waals surface area (Å²) in [4.78, 5) is 14.7. The molecular weight excluding hydrogens is 300 g/mol. The molecule has 2 amide bonds. The van der Waals surface area contributed by atoms with Crippen molar-refractivity contribution in [2.75, 3.05) is 19.7 Å². The summed E-state index contributed by atoms with van der Waals surface area (Å²) in [7, 11) is 0. The molecule has 0 aliphatic carbocycles. The summed E-state index contributed by atoms with van der Waals surface area (Å²) in [5.74, 6) is 0. The lowest BCUT2D eigenvalue weighted by Gasteiger charge is -2.52. The van der Waals surface area contributed by atoms with Gasteiger partial charge >= 0.3 is 6.03 Å². The lowest BCUT2D eigenvalue weighted by atomic mass is 9.75. The molecule has 24 heavy (non-hydrogen) atoms. The van der Waals surface area contributed by atoms with Gasteiger partial charge < -0.3 is 15.0 Å². The van der Waals surface area contributed by atoms with Crippen LogP contribution in [0.5, 0.6) is 0 Å². The first kappa shape index (κ1) is 17.3. The van der Waals surface area contributed by atoms with Gasteiger partial charge in [0.05, 0.1) is 5.60 Å². The van der Waals surface area contributed by atoms with Gasteiger partial charge in [0.2, 0.25) is 0 Å². The van der Waals surface area contributed by atoms with Crippen molar-refractivity contribution in [3.8, 4) is 0 Å². The van der Waals surface area contributed by atoms with Gasteiger partial charge in [-0.15, -0.1) is 0 Å². The lowest BCUT2D eigenvalue weighted by molar-refractivity contribution is -0.132. The van der Waals surface area contributed by atoms with Crippen molar-refractivity contribution in [2.24, 2.45) is 0 Å². The molecule has 1 aromatic carbocycles. The Bertz CT molecular complexity index is 550. The van der Waals surface area contributed by atoms with E-state index in [0.717, 1.165) is 38.8 Å². The molecule has 1 spiro atoms. The number of urea groups is 1. The van der Waals surface area contributed by atoms with E-state index in [4.69, 9.17) is 4.74 Å². The molecule has 4 heteroatoms. The summed E-state index contributed by atoms with van der Waals surface area (Å²) in [5, 5.41) is 3.09. The van der Waals surface area contributed by atoms with Crippen LogP contribution in [0.2, 0.25) is 0 Å². The molecule has 0 saturated carbocycles. The summed E-state index contributed by atoms with van der Waals surface area (Å²) in [6.45, 7) is 6.67. The van der Waals surface area contributed by atoms with Gasteiger partial charge in [-0.1, -0.05) is 30.3 Å². The molecule has 0 aromatic heterocycles. The molecule has 0 bridgehead atoms. The first-order valence-electron chi connectivity index (χ1n) is 9.24. The highest BCUT2D eigenvalue weighted by Crippen LogP contribution is 2.41. The number of piperidine rings is 1. The zero-order chi connectivity index (χ0) is 17.0. The highest BCUT2D eigenvalue weighted by atomic mass is 16.5. The number of hydrogen-bond acceptors (Lipinski definition) is 2. The lowest BCUT2D eigenvalue weighted by Crippen LogP contribution is -2.61. The quantitative estimate of drug-likeness (QED) is 0.917.